The highest BCUT2D eigenvalue weighted by atomic mass is 35.5. The normalized spacial score (nSPS) is 11.1. The number of nitrogens with one attached hydrogen (secondary N) is 1. The van der Waals surface area contributed by atoms with Crippen LogP contribution in [0.5, 0.6) is 5.75 Å². The molecule has 2 rings (SSSR count). The zero-order chi connectivity index (χ0) is 15.9. The summed E-state index contributed by atoms with van der Waals surface area (Å²) in [4.78, 5) is 10.3. The summed E-state index contributed by atoms with van der Waals surface area (Å²) < 4.78 is 5.01. The predicted molar refractivity (Wildman–Crippen MR) is 84.2 cm³/mol. The van der Waals surface area contributed by atoms with Gasteiger partial charge in [0.1, 0.15) is 12.4 Å². The van der Waals surface area contributed by atoms with Crippen LogP contribution in [-0.2, 0) is 4.79 Å². The molecule has 0 saturated heterocycles. The van der Waals surface area contributed by atoms with Crippen molar-refractivity contribution >= 4 is 29.0 Å². The highest BCUT2D eigenvalue weighted by molar-refractivity contribution is 6.30. The van der Waals surface area contributed by atoms with E-state index in [1.165, 1.54) is 0 Å². The van der Waals surface area contributed by atoms with Crippen molar-refractivity contribution in [3.8, 4) is 5.75 Å². The SMILES string of the molecule is C/C(=N/Nc1ccc(Cl)cc1)c1ccc(OCC(=O)[O-])cc1. The molecule has 0 saturated carbocycles. The van der Waals surface area contributed by atoms with Crippen LogP contribution < -0.4 is 15.3 Å². The molecule has 0 amide bonds. The molecule has 2 aromatic carbocycles. The molecule has 0 bridgehead atoms. The predicted octanol–water partition coefficient (Wildman–Crippen LogP) is 2.30. The topological polar surface area (TPSA) is 73.8 Å². The van der Waals surface area contributed by atoms with Gasteiger partial charge in [0.25, 0.3) is 0 Å². The highest BCUT2D eigenvalue weighted by Gasteiger charge is 1.99. The minimum Gasteiger partial charge on any atom is -0.546 e. The first-order valence-electron chi connectivity index (χ1n) is 6.53. The molecule has 0 aliphatic carbocycles. The number of nitrogens with zero attached hydrogens (tertiary/aromatic N) is 1. The second-order valence-electron chi connectivity index (χ2n) is 4.50. The Morgan fingerprint density at radius 3 is 2.41 bits per heavy atom. The maximum absolute atomic E-state index is 10.3. The molecule has 22 heavy (non-hydrogen) atoms. The molecule has 0 unspecified atom stereocenters. The first kappa shape index (κ1) is 15.9. The third kappa shape index (κ3) is 4.79. The van der Waals surface area contributed by atoms with E-state index in [0.29, 0.717) is 10.8 Å². The third-order valence-electron chi connectivity index (χ3n) is 2.83. The van der Waals surface area contributed by atoms with E-state index in [4.69, 9.17) is 16.3 Å². The number of anilines is 1. The average molecular weight is 318 g/mol. The summed E-state index contributed by atoms with van der Waals surface area (Å²) in [5, 5.41) is 15.3. The molecule has 114 valence electrons. The molecular weight excluding hydrogens is 304 g/mol. The van der Waals surface area contributed by atoms with E-state index in [1.54, 1.807) is 36.4 Å². The minimum atomic E-state index is -1.26. The van der Waals surface area contributed by atoms with Gasteiger partial charge in [0.15, 0.2) is 0 Å². The number of aliphatic carboxylic acids is 1. The number of ether oxygens (including phenoxy) is 1. The summed E-state index contributed by atoms with van der Waals surface area (Å²) >= 11 is 5.81. The van der Waals surface area contributed by atoms with Gasteiger partial charge in [-0.1, -0.05) is 11.6 Å². The van der Waals surface area contributed by atoms with Crippen molar-refractivity contribution in [1.82, 2.24) is 0 Å². The van der Waals surface area contributed by atoms with Crippen LogP contribution in [0, 0.1) is 0 Å². The van der Waals surface area contributed by atoms with Crippen molar-refractivity contribution in [1.29, 1.82) is 0 Å². The molecule has 0 fully saturated rings. The lowest BCUT2D eigenvalue weighted by Gasteiger charge is -2.08. The van der Waals surface area contributed by atoms with E-state index in [0.717, 1.165) is 17.0 Å². The summed E-state index contributed by atoms with van der Waals surface area (Å²) in [5.41, 5.74) is 5.44. The fourth-order valence-electron chi connectivity index (χ4n) is 1.67. The van der Waals surface area contributed by atoms with Gasteiger partial charge in [0, 0.05) is 5.02 Å². The van der Waals surface area contributed by atoms with Crippen LogP contribution in [0.25, 0.3) is 0 Å². The first-order valence-corrected chi connectivity index (χ1v) is 6.91. The summed E-state index contributed by atoms with van der Waals surface area (Å²) in [7, 11) is 0. The molecule has 2 aromatic rings. The average Bonchev–Trinajstić information content (AvgIpc) is 2.52. The van der Waals surface area contributed by atoms with Crippen molar-refractivity contribution in [2.45, 2.75) is 6.92 Å². The lowest BCUT2D eigenvalue weighted by molar-refractivity contribution is -0.307. The Kier molecular flexibility index (Phi) is 5.38. The van der Waals surface area contributed by atoms with E-state index >= 15 is 0 Å². The fraction of sp³-hybridized carbons (Fsp3) is 0.125. The van der Waals surface area contributed by atoms with Crippen molar-refractivity contribution in [3.05, 3.63) is 59.1 Å². The van der Waals surface area contributed by atoms with Crippen LogP contribution in [0.2, 0.25) is 5.02 Å². The maximum atomic E-state index is 10.3. The van der Waals surface area contributed by atoms with Gasteiger partial charge in [-0.05, 0) is 61.0 Å². The van der Waals surface area contributed by atoms with E-state index in [-0.39, 0.29) is 0 Å². The molecule has 1 N–H and O–H groups in total. The number of halogens is 1. The molecule has 0 aromatic heterocycles. The summed E-state index contributed by atoms with van der Waals surface area (Å²) in [6, 6.07) is 14.2. The van der Waals surface area contributed by atoms with Crippen molar-refractivity contribution in [3.63, 3.8) is 0 Å². The van der Waals surface area contributed by atoms with Crippen LogP contribution in [0.3, 0.4) is 0 Å². The lowest BCUT2D eigenvalue weighted by atomic mass is 10.1. The Morgan fingerprint density at radius 2 is 1.82 bits per heavy atom. The van der Waals surface area contributed by atoms with Crippen LogP contribution in [0.15, 0.2) is 53.6 Å². The van der Waals surface area contributed by atoms with E-state index in [1.807, 2.05) is 19.1 Å². The quantitative estimate of drug-likeness (QED) is 0.655. The molecule has 0 spiro atoms. The zero-order valence-electron chi connectivity index (χ0n) is 11.9. The van der Waals surface area contributed by atoms with Gasteiger partial charge in [-0.3, -0.25) is 5.43 Å². The molecular formula is C16H14ClN2O3-. The number of carboxylic acid groups (broad SMARTS) is 1. The minimum absolute atomic E-state index is 0.464. The van der Waals surface area contributed by atoms with E-state index in [9.17, 15) is 9.90 Å². The number of carbonyl (C=O) groups is 1. The molecule has 6 heteroatoms. The van der Waals surface area contributed by atoms with Gasteiger partial charge in [0.2, 0.25) is 0 Å². The Morgan fingerprint density at radius 1 is 1.18 bits per heavy atom. The van der Waals surface area contributed by atoms with Crippen LogP contribution in [-0.4, -0.2) is 18.3 Å². The zero-order valence-corrected chi connectivity index (χ0v) is 12.6. The number of benzene rings is 2. The van der Waals surface area contributed by atoms with Gasteiger partial charge in [-0.25, -0.2) is 0 Å². The molecule has 5 nitrogen and oxygen atoms in total. The number of hydrazone groups is 1. The van der Waals surface area contributed by atoms with Crippen LogP contribution in [0.1, 0.15) is 12.5 Å². The van der Waals surface area contributed by atoms with Crippen molar-refractivity contribution in [2.75, 3.05) is 12.0 Å². The molecule has 0 aliphatic rings. The Labute approximate surface area is 133 Å². The number of carbonyl (C=O) groups excluding carboxylic acids is 1. The Hall–Kier alpha value is -2.53. The number of hydrogen-bond donors (Lipinski definition) is 1. The molecule has 0 radical (unpaired) electrons. The number of carboxylic acids is 1. The van der Waals surface area contributed by atoms with Crippen molar-refractivity contribution < 1.29 is 14.6 Å². The summed E-state index contributed by atoms with van der Waals surface area (Å²) in [6.07, 6.45) is 0. The summed E-state index contributed by atoms with van der Waals surface area (Å²) in [5.74, 6) is -0.791. The Bertz CT molecular complexity index is 667. The highest BCUT2D eigenvalue weighted by Crippen LogP contribution is 2.15. The van der Waals surface area contributed by atoms with Gasteiger partial charge in [0.05, 0.1) is 17.4 Å². The van der Waals surface area contributed by atoms with Crippen molar-refractivity contribution in [2.24, 2.45) is 5.10 Å². The first-order chi connectivity index (χ1) is 10.5. The second-order valence-corrected chi connectivity index (χ2v) is 4.94. The van der Waals surface area contributed by atoms with E-state index < -0.39 is 12.6 Å². The summed E-state index contributed by atoms with van der Waals surface area (Å²) in [6.45, 7) is 1.39. The maximum Gasteiger partial charge on any atom is 0.128 e. The van der Waals surface area contributed by atoms with Gasteiger partial charge < -0.3 is 14.6 Å². The monoisotopic (exact) mass is 317 g/mol. The van der Waals surface area contributed by atoms with Crippen LogP contribution in [0.4, 0.5) is 5.69 Å². The van der Waals surface area contributed by atoms with Crippen LogP contribution >= 0.6 is 11.6 Å². The van der Waals surface area contributed by atoms with Gasteiger partial charge in [-0.2, -0.15) is 5.10 Å². The Balaban J connectivity index is 1.99. The lowest BCUT2D eigenvalue weighted by Crippen LogP contribution is -2.28. The van der Waals surface area contributed by atoms with Gasteiger partial charge in [-0.15, -0.1) is 0 Å². The second kappa shape index (κ2) is 7.47. The third-order valence-corrected chi connectivity index (χ3v) is 3.08. The molecule has 0 atom stereocenters. The number of hydrogen-bond acceptors (Lipinski definition) is 5. The fourth-order valence-corrected chi connectivity index (χ4v) is 1.80. The standard InChI is InChI=1S/C16H15ClN2O3/c1-11(18-19-14-6-4-13(17)5-7-14)12-2-8-15(9-3-12)22-10-16(20)21/h2-9,19H,10H2,1H3,(H,20,21)/p-1/b18-11-. The van der Waals surface area contributed by atoms with Gasteiger partial charge >= 0.3 is 0 Å². The number of rotatable bonds is 6. The molecule has 0 aliphatic heterocycles. The largest absolute Gasteiger partial charge is 0.546 e. The smallest absolute Gasteiger partial charge is 0.128 e. The van der Waals surface area contributed by atoms with E-state index in [2.05, 4.69) is 10.5 Å². The molecule has 0 heterocycles.